The number of fused-ring (bicyclic) bond motifs is 1. The third kappa shape index (κ3) is 3.42. The highest BCUT2D eigenvalue weighted by atomic mass is 32.1. The van der Waals surface area contributed by atoms with Crippen LogP contribution in [0.25, 0.3) is 10.2 Å². The number of carbonyl (C=O) groups is 1. The Hall–Kier alpha value is -1.99. The zero-order valence-corrected chi connectivity index (χ0v) is 17.4. The average molecular weight is 413 g/mol. The average Bonchev–Trinajstić information content (AvgIpc) is 3.43. The van der Waals surface area contributed by atoms with Crippen LogP contribution in [0.4, 0.5) is 5.13 Å². The second kappa shape index (κ2) is 7.79. The van der Waals surface area contributed by atoms with Gasteiger partial charge in [-0.3, -0.25) is 4.79 Å². The van der Waals surface area contributed by atoms with Crippen molar-refractivity contribution in [3.05, 3.63) is 40.8 Å². The van der Waals surface area contributed by atoms with Gasteiger partial charge in [0.15, 0.2) is 5.13 Å². The van der Waals surface area contributed by atoms with Gasteiger partial charge in [-0.2, -0.15) is 0 Å². The quantitative estimate of drug-likeness (QED) is 0.641. The number of thiazole rings is 2. The number of anilines is 1. The van der Waals surface area contributed by atoms with Gasteiger partial charge in [0.1, 0.15) is 0 Å². The SMILES string of the molecule is O=C([C@H]1CCCC[C@H]1c1nc2ccccc2s1)N1CCN(c2nccs2)CC1. The minimum absolute atomic E-state index is 0.0840. The minimum atomic E-state index is 0.0840. The molecule has 0 spiro atoms. The van der Waals surface area contributed by atoms with Crippen LogP contribution < -0.4 is 4.90 Å². The van der Waals surface area contributed by atoms with Crippen LogP contribution in [0.5, 0.6) is 0 Å². The lowest BCUT2D eigenvalue weighted by Gasteiger charge is -2.38. The highest BCUT2D eigenvalue weighted by Gasteiger charge is 2.37. The predicted molar refractivity (Wildman–Crippen MR) is 115 cm³/mol. The maximum atomic E-state index is 13.4. The molecule has 2 aliphatic rings. The molecule has 146 valence electrons. The summed E-state index contributed by atoms with van der Waals surface area (Å²) in [5, 5.41) is 4.23. The number of para-hydroxylation sites is 1. The third-order valence-electron chi connectivity index (χ3n) is 5.99. The summed E-state index contributed by atoms with van der Waals surface area (Å²) < 4.78 is 1.23. The number of piperazine rings is 1. The van der Waals surface area contributed by atoms with Gasteiger partial charge in [-0.05, 0) is 25.0 Å². The molecule has 28 heavy (non-hydrogen) atoms. The van der Waals surface area contributed by atoms with Crippen LogP contribution in [0.15, 0.2) is 35.8 Å². The van der Waals surface area contributed by atoms with Crippen LogP contribution in [0, 0.1) is 5.92 Å². The number of hydrogen-bond acceptors (Lipinski definition) is 6. The summed E-state index contributed by atoms with van der Waals surface area (Å²) in [6.07, 6.45) is 6.27. The number of nitrogens with zero attached hydrogens (tertiary/aromatic N) is 4. The summed E-state index contributed by atoms with van der Waals surface area (Å²) in [6.45, 7) is 3.33. The first-order valence-corrected chi connectivity index (χ1v) is 11.8. The van der Waals surface area contributed by atoms with E-state index in [1.807, 2.05) is 17.6 Å². The molecule has 3 aromatic rings. The minimum Gasteiger partial charge on any atom is -0.345 e. The van der Waals surface area contributed by atoms with Crippen molar-refractivity contribution in [2.24, 2.45) is 5.92 Å². The lowest BCUT2D eigenvalue weighted by atomic mass is 9.78. The summed E-state index contributed by atoms with van der Waals surface area (Å²) in [6, 6.07) is 8.31. The number of rotatable bonds is 3. The molecule has 1 aliphatic carbocycles. The molecule has 3 heterocycles. The number of hydrogen-bond donors (Lipinski definition) is 0. The summed E-state index contributed by atoms with van der Waals surface area (Å²) in [5.41, 5.74) is 1.07. The normalized spacial score (nSPS) is 23.3. The lowest BCUT2D eigenvalue weighted by Crippen LogP contribution is -2.51. The first kappa shape index (κ1) is 18.1. The molecule has 0 radical (unpaired) electrons. The first-order chi connectivity index (χ1) is 13.8. The molecule has 1 amide bonds. The topological polar surface area (TPSA) is 49.3 Å². The highest BCUT2D eigenvalue weighted by Crippen LogP contribution is 2.41. The molecule has 0 bridgehead atoms. The number of carbonyl (C=O) groups excluding carboxylic acids is 1. The van der Waals surface area contributed by atoms with E-state index in [9.17, 15) is 4.79 Å². The number of amides is 1. The van der Waals surface area contributed by atoms with Crippen molar-refractivity contribution in [3.8, 4) is 0 Å². The molecular weight excluding hydrogens is 388 g/mol. The maximum absolute atomic E-state index is 13.4. The molecule has 1 aliphatic heterocycles. The van der Waals surface area contributed by atoms with Gasteiger partial charge in [0.2, 0.25) is 5.91 Å². The molecule has 1 aromatic carbocycles. The van der Waals surface area contributed by atoms with Crippen molar-refractivity contribution >= 4 is 43.9 Å². The molecule has 1 saturated carbocycles. The fraction of sp³-hybridized carbons (Fsp3) is 0.476. The van der Waals surface area contributed by atoms with Crippen molar-refractivity contribution in [2.75, 3.05) is 31.1 Å². The summed E-state index contributed by atoms with van der Waals surface area (Å²) >= 11 is 3.44. The van der Waals surface area contributed by atoms with E-state index in [1.165, 1.54) is 11.1 Å². The Morgan fingerprint density at radius 2 is 1.89 bits per heavy atom. The zero-order chi connectivity index (χ0) is 18.9. The summed E-state index contributed by atoms with van der Waals surface area (Å²) in [7, 11) is 0. The molecule has 1 saturated heterocycles. The largest absolute Gasteiger partial charge is 0.345 e. The van der Waals surface area contributed by atoms with E-state index >= 15 is 0 Å². The Balaban J connectivity index is 1.31. The van der Waals surface area contributed by atoms with Gasteiger partial charge < -0.3 is 9.80 Å². The lowest BCUT2D eigenvalue weighted by molar-refractivity contribution is -0.137. The van der Waals surface area contributed by atoms with Gasteiger partial charge in [-0.25, -0.2) is 9.97 Å². The van der Waals surface area contributed by atoms with Gasteiger partial charge in [0, 0.05) is 49.6 Å². The van der Waals surface area contributed by atoms with E-state index in [2.05, 4.69) is 33.0 Å². The zero-order valence-electron chi connectivity index (χ0n) is 15.8. The molecule has 2 fully saturated rings. The van der Waals surface area contributed by atoms with Crippen LogP contribution in [0.2, 0.25) is 0 Å². The van der Waals surface area contributed by atoms with E-state index in [4.69, 9.17) is 4.98 Å². The monoisotopic (exact) mass is 412 g/mol. The molecule has 7 heteroatoms. The molecule has 2 atom stereocenters. The van der Waals surface area contributed by atoms with Gasteiger partial charge in [-0.1, -0.05) is 25.0 Å². The van der Waals surface area contributed by atoms with Crippen LogP contribution in [0.1, 0.15) is 36.6 Å². The Bertz CT molecular complexity index is 913. The molecule has 2 aromatic heterocycles. The molecule has 0 unspecified atom stereocenters. The summed E-state index contributed by atoms with van der Waals surface area (Å²) in [5.74, 6) is 0.694. The van der Waals surface area contributed by atoms with Crippen molar-refractivity contribution in [1.29, 1.82) is 0 Å². The van der Waals surface area contributed by atoms with Gasteiger partial charge in [0.05, 0.1) is 15.2 Å². The molecule has 5 rings (SSSR count). The fourth-order valence-electron chi connectivity index (χ4n) is 4.50. The second-order valence-electron chi connectivity index (χ2n) is 7.64. The van der Waals surface area contributed by atoms with Crippen LogP contribution >= 0.6 is 22.7 Å². The van der Waals surface area contributed by atoms with Crippen LogP contribution in [-0.4, -0.2) is 47.0 Å². The van der Waals surface area contributed by atoms with Crippen molar-refractivity contribution < 1.29 is 4.79 Å². The predicted octanol–water partition coefficient (Wildman–Crippen LogP) is 4.38. The number of aromatic nitrogens is 2. The van der Waals surface area contributed by atoms with Crippen molar-refractivity contribution in [1.82, 2.24) is 14.9 Å². The van der Waals surface area contributed by atoms with E-state index in [-0.39, 0.29) is 11.8 Å². The molecule has 5 nitrogen and oxygen atoms in total. The van der Waals surface area contributed by atoms with Gasteiger partial charge in [0.25, 0.3) is 0 Å². The summed E-state index contributed by atoms with van der Waals surface area (Å²) in [4.78, 5) is 27.1. The smallest absolute Gasteiger partial charge is 0.226 e. The Kier molecular flexibility index (Phi) is 5.03. The van der Waals surface area contributed by atoms with Gasteiger partial charge in [-0.15, -0.1) is 22.7 Å². The van der Waals surface area contributed by atoms with E-state index in [1.54, 1.807) is 22.7 Å². The van der Waals surface area contributed by atoms with Crippen LogP contribution in [-0.2, 0) is 4.79 Å². The number of benzene rings is 1. The van der Waals surface area contributed by atoms with E-state index in [0.29, 0.717) is 5.91 Å². The van der Waals surface area contributed by atoms with Crippen molar-refractivity contribution in [2.45, 2.75) is 31.6 Å². The maximum Gasteiger partial charge on any atom is 0.226 e. The Labute approximate surface area is 173 Å². The second-order valence-corrected chi connectivity index (χ2v) is 9.58. The molecular formula is C21H24N4OS2. The molecule has 0 N–H and O–H groups in total. The highest BCUT2D eigenvalue weighted by molar-refractivity contribution is 7.18. The first-order valence-electron chi connectivity index (χ1n) is 10.1. The Morgan fingerprint density at radius 1 is 1.07 bits per heavy atom. The van der Waals surface area contributed by atoms with Crippen LogP contribution in [0.3, 0.4) is 0 Å². The Morgan fingerprint density at radius 3 is 2.68 bits per heavy atom. The van der Waals surface area contributed by atoms with E-state index in [0.717, 1.165) is 61.1 Å². The fourth-order valence-corrected chi connectivity index (χ4v) is 6.36. The van der Waals surface area contributed by atoms with Gasteiger partial charge >= 0.3 is 0 Å². The van der Waals surface area contributed by atoms with E-state index < -0.39 is 0 Å². The third-order valence-corrected chi connectivity index (χ3v) is 7.99. The standard InChI is InChI=1S/C21H24N4OS2/c26-20(24-10-12-25(13-11-24)21-22-9-14-27-21)16-6-2-1-5-15(16)19-23-17-7-3-4-8-18(17)28-19/h3-4,7-9,14-16H,1-2,5-6,10-13H2/t15-,16+/m1/s1. The van der Waals surface area contributed by atoms with Crippen molar-refractivity contribution in [3.63, 3.8) is 0 Å².